The van der Waals surface area contributed by atoms with Gasteiger partial charge in [-0.1, -0.05) is 17.7 Å². The summed E-state index contributed by atoms with van der Waals surface area (Å²) < 4.78 is 5.41. The first-order chi connectivity index (χ1) is 8.91. The third-order valence-electron chi connectivity index (χ3n) is 4.48. The topological polar surface area (TPSA) is 66.8 Å². The zero-order valence-corrected chi connectivity index (χ0v) is 11.1. The molecule has 0 amide bonds. The fourth-order valence-corrected chi connectivity index (χ4v) is 3.63. The maximum absolute atomic E-state index is 11.7. The fraction of sp³-hybridized carbons (Fsp3) is 0.533. The number of hydrogen-bond acceptors (Lipinski definition) is 4. The number of hydrogen-bond donors (Lipinski definition) is 2. The van der Waals surface area contributed by atoms with Gasteiger partial charge in [-0.05, 0) is 37.8 Å². The highest BCUT2D eigenvalue weighted by Crippen LogP contribution is 2.47. The normalized spacial score (nSPS) is 38.3. The van der Waals surface area contributed by atoms with Crippen LogP contribution in [0.25, 0.3) is 0 Å². The average molecular weight is 262 g/mol. The minimum atomic E-state index is -0.686. The molecule has 3 rings (SSSR count). The molecule has 4 atom stereocenters. The summed E-state index contributed by atoms with van der Waals surface area (Å²) in [4.78, 5) is 11.7. The number of ether oxygens (including phenoxy) is 1. The molecule has 1 aliphatic heterocycles. The van der Waals surface area contributed by atoms with Gasteiger partial charge in [-0.25, -0.2) is 4.79 Å². The van der Waals surface area contributed by atoms with E-state index in [1.165, 1.54) is 0 Å². The van der Waals surface area contributed by atoms with Crippen molar-refractivity contribution in [3.63, 3.8) is 0 Å². The van der Waals surface area contributed by atoms with Crippen LogP contribution in [0.2, 0.25) is 0 Å². The second kappa shape index (κ2) is 4.05. The van der Waals surface area contributed by atoms with Crippen molar-refractivity contribution in [2.45, 2.75) is 45.0 Å². The monoisotopic (exact) mass is 262 g/mol. The summed E-state index contributed by atoms with van der Waals surface area (Å²) >= 11 is 0. The molecule has 2 aliphatic carbocycles. The maximum atomic E-state index is 11.7. The molecular weight excluding hydrogens is 244 g/mol. The number of aliphatic hydroxyl groups excluding tert-OH is 2. The number of aliphatic hydroxyl groups is 2. The van der Waals surface area contributed by atoms with Crippen molar-refractivity contribution >= 4 is 5.97 Å². The van der Waals surface area contributed by atoms with Crippen LogP contribution in [-0.4, -0.2) is 34.5 Å². The summed E-state index contributed by atoms with van der Waals surface area (Å²) in [5, 5.41) is 20.5. The van der Waals surface area contributed by atoms with Crippen LogP contribution in [0.3, 0.4) is 0 Å². The van der Waals surface area contributed by atoms with Gasteiger partial charge in [0.1, 0.15) is 6.10 Å². The van der Waals surface area contributed by atoms with E-state index >= 15 is 0 Å². The standard InChI is InChI=1S/C15H18O4/c1-6-4-10(17)13-8(3)15(18)19-14(13)12-7(2)5-9(16)11(6)12/h9-10,13-14,16-17H,3-5H2,1-2H3/t9-,10+,13+,14+/m0/s1. The third kappa shape index (κ3) is 1.63. The molecule has 102 valence electrons. The van der Waals surface area contributed by atoms with Crippen LogP contribution in [0, 0.1) is 5.92 Å². The van der Waals surface area contributed by atoms with Gasteiger partial charge in [0.2, 0.25) is 0 Å². The summed E-state index contributed by atoms with van der Waals surface area (Å²) in [7, 11) is 0. The van der Waals surface area contributed by atoms with Crippen LogP contribution in [0.4, 0.5) is 0 Å². The van der Waals surface area contributed by atoms with Gasteiger partial charge in [0.15, 0.2) is 0 Å². The fourth-order valence-electron chi connectivity index (χ4n) is 3.63. The zero-order chi connectivity index (χ0) is 13.9. The van der Waals surface area contributed by atoms with Crippen LogP contribution in [0.5, 0.6) is 0 Å². The summed E-state index contributed by atoms with van der Waals surface area (Å²) in [6.45, 7) is 7.63. The molecule has 1 saturated heterocycles. The number of rotatable bonds is 0. The summed E-state index contributed by atoms with van der Waals surface area (Å²) in [5.74, 6) is -0.829. The summed E-state index contributed by atoms with van der Waals surface area (Å²) in [6, 6.07) is 0. The molecule has 0 aromatic rings. The first kappa shape index (κ1) is 12.6. The average Bonchev–Trinajstić information content (AvgIpc) is 2.72. The third-order valence-corrected chi connectivity index (χ3v) is 4.48. The lowest BCUT2D eigenvalue weighted by Crippen LogP contribution is -2.29. The smallest absolute Gasteiger partial charge is 0.334 e. The van der Waals surface area contributed by atoms with Crippen LogP contribution < -0.4 is 0 Å². The quantitative estimate of drug-likeness (QED) is 0.509. The Kier molecular flexibility index (Phi) is 2.69. The molecule has 0 aromatic heterocycles. The molecule has 3 aliphatic rings. The predicted molar refractivity (Wildman–Crippen MR) is 69.2 cm³/mol. The van der Waals surface area contributed by atoms with Gasteiger partial charge in [0.25, 0.3) is 0 Å². The number of carbonyl (C=O) groups excluding carboxylic acids is 1. The lowest BCUT2D eigenvalue weighted by Gasteiger charge is -2.21. The first-order valence-corrected chi connectivity index (χ1v) is 6.57. The van der Waals surface area contributed by atoms with E-state index in [4.69, 9.17) is 4.74 Å². The van der Waals surface area contributed by atoms with Crippen molar-refractivity contribution in [3.8, 4) is 0 Å². The van der Waals surface area contributed by atoms with Crippen molar-refractivity contribution in [2.24, 2.45) is 5.92 Å². The highest BCUT2D eigenvalue weighted by molar-refractivity contribution is 5.91. The molecule has 19 heavy (non-hydrogen) atoms. The minimum absolute atomic E-state index is 0.341. The van der Waals surface area contributed by atoms with E-state index < -0.39 is 30.2 Å². The van der Waals surface area contributed by atoms with Crippen molar-refractivity contribution < 1.29 is 19.7 Å². The lowest BCUT2D eigenvalue weighted by molar-refractivity contribution is -0.137. The van der Waals surface area contributed by atoms with Gasteiger partial charge in [-0.3, -0.25) is 0 Å². The molecular formula is C15H18O4. The Hall–Kier alpha value is -1.39. The molecule has 4 nitrogen and oxygen atoms in total. The van der Waals surface area contributed by atoms with E-state index in [9.17, 15) is 15.0 Å². The van der Waals surface area contributed by atoms with Crippen LogP contribution >= 0.6 is 0 Å². The molecule has 4 heteroatoms. The van der Waals surface area contributed by atoms with E-state index in [0.717, 1.165) is 22.3 Å². The Morgan fingerprint density at radius 1 is 1.16 bits per heavy atom. The number of carbonyl (C=O) groups is 1. The first-order valence-electron chi connectivity index (χ1n) is 6.57. The molecule has 1 fully saturated rings. The molecule has 0 aromatic carbocycles. The van der Waals surface area contributed by atoms with Crippen LogP contribution in [0.1, 0.15) is 26.7 Å². The van der Waals surface area contributed by atoms with E-state index in [1.54, 1.807) is 0 Å². The highest BCUT2D eigenvalue weighted by Gasteiger charge is 2.50. The molecule has 1 heterocycles. The Morgan fingerprint density at radius 2 is 1.79 bits per heavy atom. The predicted octanol–water partition coefficient (Wildman–Crippen LogP) is 1.25. The van der Waals surface area contributed by atoms with Gasteiger partial charge < -0.3 is 14.9 Å². The van der Waals surface area contributed by atoms with Crippen molar-refractivity contribution in [1.82, 2.24) is 0 Å². The molecule has 0 radical (unpaired) electrons. The largest absolute Gasteiger partial charge is 0.453 e. The van der Waals surface area contributed by atoms with Crippen LogP contribution in [0.15, 0.2) is 34.4 Å². The van der Waals surface area contributed by atoms with Gasteiger partial charge >= 0.3 is 5.97 Å². The molecule has 0 unspecified atom stereocenters. The minimum Gasteiger partial charge on any atom is -0.453 e. The molecule has 0 spiro atoms. The van der Waals surface area contributed by atoms with Crippen molar-refractivity contribution in [3.05, 3.63) is 34.4 Å². The molecule has 0 bridgehead atoms. The Balaban J connectivity index is 2.16. The van der Waals surface area contributed by atoms with Gasteiger partial charge in [-0.2, -0.15) is 0 Å². The Bertz CT molecular complexity index is 540. The highest BCUT2D eigenvalue weighted by atomic mass is 16.6. The second-order valence-electron chi connectivity index (χ2n) is 5.76. The lowest BCUT2D eigenvalue weighted by atomic mass is 9.86. The van der Waals surface area contributed by atoms with Crippen LogP contribution in [-0.2, 0) is 9.53 Å². The Morgan fingerprint density at radius 3 is 2.47 bits per heavy atom. The summed E-state index contributed by atoms with van der Waals surface area (Å²) in [6.07, 6.45) is -0.701. The number of fused-ring (bicyclic) bond motifs is 3. The SMILES string of the molecule is C=C1C(=O)O[C@@H]2C3=C(C)C[C@H](O)C3=C(C)C[C@@H](O)[C@@H]12. The van der Waals surface area contributed by atoms with E-state index in [1.807, 2.05) is 13.8 Å². The van der Waals surface area contributed by atoms with Crippen molar-refractivity contribution in [1.29, 1.82) is 0 Å². The maximum Gasteiger partial charge on any atom is 0.334 e. The molecule has 2 N–H and O–H groups in total. The van der Waals surface area contributed by atoms with Crippen molar-refractivity contribution in [2.75, 3.05) is 0 Å². The van der Waals surface area contributed by atoms with Gasteiger partial charge in [0, 0.05) is 5.57 Å². The van der Waals surface area contributed by atoms with Gasteiger partial charge in [0.05, 0.1) is 18.1 Å². The Labute approximate surface area is 112 Å². The molecule has 0 saturated carbocycles. The second-order valence-corrected chi connectivity index (χ2v) is 5.76. The zero-order valence-electron chi connectivity index (χ0n) is 11.1. The van der Waals surface area contributed by atoms with Gasteiger partial charge in [-0.15, -0.1) is 0 Å². The van der Waals surface area contributed by atoms with E-state index in [-0.39, 0.29) is 0 Å². The number of esters is 1. The summed E-state index contributed by atoms with van der Waals surface area (Å²) in [5.41, 5.74) is 4.11. The van der Waals surface area contributed by atoms with E-state index in [2.05, 4.69) is 6.58 Å². The van der Waals surface area contributed by atoms with E-state index in [0.29, 0.717) is 18.4 Å².